The van der Waals surface area contributed by atoms with Crippen LogP contribution in [0.2, 0.25) is 0 Å². The fraction of sp³-hybridized carbons (Fsp3) is 0.417. The van der Waals surface area contributed by atoms with Gasteiger partial charge in [0.2, 0.25) is 0 Å². The highest BCUT2D eigenvalue weighted by atomic mass is 19.4. The summed E-state index contributed by atoms with van der Waals surface area (Å²) in [5.41, 5.74) is 3.66. The van der Waals surface area contributed by atoms with Gasteiger partial charge in [-0.3, -0.25) is 5.32 Å². The van der Waals surface area contributed by atoms with Crippen LogP contribution < -0.4 is 11.1 Å². The monoisotopic (exact) mass is 291 g/mol. The van der Waals surface area contributed by atoms with Crippen molar-refractivity contribution in [1.29, 1.82) is 0 Å². The van der Waals surface area contributed by atoms with Crippen LogP contribution in [0, 0.1) is 5.82 Å². The molecule has 0 aromatic heterocycles. The minimum absolute atomic E-state index is 0.000318. The largest absolute Gasteiger partial charge is 0.409 e. The molecule has 1 fully saturated rings. The number of benzene rings is 1. The van der Waals surface area contributed by atoms with E-state index in [1.165, 1.54) is 12.1 Å². The van der Waals surface area contributed by atoms with Crippen LogP contribution in [0.25, 0.3) is 0 Å². The molecule has 20 heavy (non-hydrogen) atoms. The van der Waals surface area contributed by atoms with Gasteiger partial charge < -0.3 is 10.9 Å². The van der Waals surface area contributed by atoms with Crippen LogP contribution in [0.1, 0.15) is 24.0 Å². The van der Waals surface area contributed by atoms with Crippen LogP contribution in [-0.4, -0.2) is 22.8 Å². The molecule has 8 heteroatoms. The molecule has 0 aliphatic heterocycles. The van der Waals surface area contributed by atoms with Gasteiger partial charge in [0.15, 0.2) is 5.84 Å². The van der Waals surface area contributed by atoms with E-state index >= 15 is 0 Å². The van der Waals surface area contributed by atoms with Gasteiger partial charge in [-0.2, -0.15) is 13.2 Å². The van der Waals surface area contributed by atoms with Gasteiger partial charge in [-0.25, -0.2) is 4.39 Å². The average molecular weight is 291 g/mol. The van der Waals surface area contributed by atoms with E-state index < -0.39 is 17.5 Å². The molecule has 2 rings (SSSR count). The predicted octanol–water partition coefficient (Wildman–Crippen LogP) is 2.10. The van der Waals surface area contributed by atoms with E-state index in [0.717, 1.165) is 6.07 Å². The van der Waals surface area contributed by atoms with E-state index in [9.17, 15) is 17.6 Å². The van der Waals surface area contributed by atoms with Gasteiger partial charge in [-0.1, -0.05) is 17.3 Å². The van der Waals surface area contributed by atoms with Crippen molar-refractivity contribution in [2.45, 2.75) is 31.1 Å². The first-order valence-corrected chi connectivity index (χ1v) is 5.87. The molecule has 0 heterocycles. The van der Waals surface area contributed by atoms with E-state index in [1.807, 2.05) is 0 Å². The lowest BCUT2D eigenvalue weighted by molar-refractivity contribution is -0.166. The molecule has 0 amide bonds. The number of hydrogen-bond donors (Lipinski definition) is 3. The molecule has 1 aliphatic rings. The first-order valence-electron chi connectivity index (χ1n) is 5.87. The third kappa shape index (κ3) is 2.69. The molecular weight excluding hydrogens is 278 g/mol. The van der Waals surface area contributed by atoms with E-state index in [4.69, 9.17) is 10.9 Å². The predicted molar refractivity (Wildman–Crippen MR) is 63.8 cm³/mol. The fourth-order valence-corrected chi connectivity index (χ4v) is 1.86. The Bertz CT molecular complexity index is 538. The number of hydrogen-bond acceptors (Lipinski definition) is 3. The number of nitrogens with two attached hydrogens (primary N) is 1. The summed E-state index contributed by atoms with van der Waals surface area (Å²) >= 11 is 0. The van der Waals surface area contributed by atoms with Crippen LogP contribution in [0.4, 0.5) is 17.6 Å². The molecule has 0 spiro atoms. The maximum Gasteiger partial charge on any atom is 0.406 e. The zero-order valence-electron chi connectivity index (χ0n) is 10.3. The average Bonchev–Trinajstić information content (AvgIpc) is 3.17. The molecule has 1 saturated carbocycles. The lowest BCUT2D eigenvalue weighted by Gasteiger charge is -2.21. The van der Waals surface area contributed by atoms with Crippen molar-refractivity contribution in [3.05, 3.63) is 35.1 Å². The number of oxime groups is 1. The number of alkyl halides is 3. The van der Waals surface area contributed by atoms with Crippen LogP contribution in [0.15, 0.2) is 23.4 Å². The Labute approximate surface area is 112 Å². The summed E-state index contributed by atoms with van der Waals surface area (Å²) in [6.45, 7) is -0.234. The lowest BCUT2D eigenvalue weighted by atomic mass is 10.1. The molecule has 4 nitrogen and oxygen atoms in total. The zero-order valence-corrected chi connectivity index (χ0v) is 10.3. The number of rotatable bonds is 4. The molecule has 0 bridgehead atoms. The van der Waals surface area contributed by atoms with Crippen molar-refractivity contribution in [3.8, 4) is 0 Å². The van der Waals surface area contributed by atoms with Gasteiger partial charge >= 0.3 is 6.18 Å². The number of amidine groups is 1. The van der Waals surface area contributed by atoms with E-state index in [2.05, 4.69) is 10.5 Å². The first-order chi connectivity index (χ1) is 9.29. The Balaban J connectivity index is 2.08. The number of halogens is 4. The van der Waals surface area contributed by atoms with Gasteiger partial charge in [-0.15, -0.1) is 0 Å². The Morgan fingerprint density at radius 1 is 1.40 bits per heavy atom. The molecule has 0 unspecified atom stereocenters. The maximum absolute atomic E-state index is 13.7. The zero-order chi connectivity index (χ0) is 15.0. The Kier molecular flexibility index (Phi) is 3.59. The summed E-state index contributed by atoms with van der Waals surface area (Å²) in [4.78, 5) is 0. The molecule has 4 N–H and O–H groups in total. The molecule has 1 aromatic rings. The van der Waals surface area contributed by atoms with E-state index in [1.54, 1.807) is 0 Å². The fourth-order valence-electron chi connectivity index (χ4n) is 1.86. The number of nitrogens with one attached hydrogen (secondary N) is 1. The summed E-state index contributed by atoms with van der Waals surface area (Å²) in [6.07, 6.45) is -4.34. The second-order valence-corrected chi connectivity index (χ2v) is 4.72. The lowest BCUT2D eigenvalue weighted by Crippen LogP contribution is -2.44. The third-order valence-electron chi connectivity index (χ3n) is 3.37. The quantitative estimate of drug-likeness (QED) is 0.261. The van der Waals surface area contributed by atoms with Crippen LogP contribution in [-0.2, 0) is 6.54 Å². The molecular formula is C12H13F4N3O. The Hall–Kier alpha value is -1.83. The normalized spacial score (nSPS) is 18.1. The second kappa shape index (κ2) is 4.93. The van der Waals surface area contributed by atoms with Gasteiger partial charge in [0, 0.05) is 17.7 Å². The first kappa shape index (κ1) is 14.6. The van der Waals surface area contributed by atoms with Crippen molar-refractivity contribution in [2.75, 3.05) is 0 Å². The van der Waals surface area contributed by atoms with Crippen molar-refractivity contribution in [3.63, 3.8) is 0 Å². The highest BCUT2D eigenvalue weighted by Crippen LogP contribution is 2.49. The van der Waals surface area contributed by atoms with Crippen LogP contribution in [0.3, 0.4) is 0 Å². The maximum atomic E-state index is 13.7. The van der Waals surface area contributed by atoms with Crippen LogP contribution >= 0.6 is 0 Å². The topological polar surface area (TPSA) is 70.6 Å². The van der Waals surface area contributed by atoms with Crippen molar-refractivity contribution in [1.82, 2.24) is 5.32 Å². The van der Waals surface area contributed by atoms with Crippen molar-refractivity contribution >= 4 is 5.84 Å². The van der Waals surface area contributed by atoms with E-state index in [0.29, 0.717) is 0 Å². The Morgan fingerprint density at radius 2 is 2.05 bits per heavy atom. The van der Waals surface area contributed by atoms with Gasteiger partial charge in [-0.05, 0) is 18.9 Å². The highest BCUT2D eigenvalue weighted by Gasteiger charge is 2.62. The van der Waals surface area contributed by atoms with Crippen molar-refractivity contribution < 1.29 is 22.8 Å². The standard InChI is InChI=1S/C12H13F4N3O/c13-9-5-7(10(17)19-20)1-2-8(9)6-18-11(3-4-11)12(14,15)16/h1-2,5,18,20H,3-4,6H2,(H2,17,19). The van der Waals surface area contributed by atoms with E-state index in [-0.39, 0.29) is 36.3 Å². The summed E-state index contributed by atoms with van der Waals surface area (Å²) in [7, 11) is 0. The minimum Gasteiger partial charge on any atom is -0.409 e. The molecule has 1 aromatic carbocycles. The number of nitrogens with zero attached hydrogens (tertiary/aromatic N) is 1. The Morgan fingerprint density at radius 3 is 2.50 bits per heavy atom. The van der Waals surface area contributed by atoms with Crippen molar-refractivity contribution in [2.24, 2.45) is 10.9 Å². The minimum atomic E-state index is -4.34. The van der Waals surface area contributed by atoms with Gasteiger partial charge in [0.05, 0.1) is 0 Å². The summed E-state index contributed by atoms with van der Waals surface area (Å²) in [5.74, 6) is -0.975. The molecule has 110 valence electrons. The molecule has 0 atom stereocenters. The van der Waals surface area contributed by atoms with Crippen LogP contribution in [0.5, 0.6) is 0 Å². The third-order valence-corrected chi connectivity index (χ3v) is 3.37. The van der Waals surface area contributed by atoms with Gasteiger partial charge in [0.1, 0.15) is 11.4 Å². The summed E-state index contributed by atoms with van der Waals surface area (Å²) in [5, 5.41) is 13.5. The smallest absolute Gasteiger partial charge is 0.406 e. The highest BCUT2D eigenvalue weighted by molar-refractivity contribution is 5.97. The second-order valence-electron chi connectivity index (χ2n) is 4.72. The summed E-state index contributed by atoms with van der Waals surface area (Å²) < 4.78 is 51.8. The summed E-state index contributed by atoms with van der Waals surface area (Å²) in [6, 6.07) is 3.70. The molecule has 1 aliphatic carbocycles. The molecule has 0 saturated heterocycles. The SMILES string of the molecule is N/C(=N/O)c1ccc(CNC2(C(F)(F)F)CC2)c(F)c1. The molecule has 0 radical (unpaired) electrons. The van der Waals surface area contributed by atoms with Gasteiger partial charge in [0.25, 0.3) is 0 Å².